The fourth-order valence-electron chi connectivity index (χ4n) is 4.94. The SMILES string of the molecule is CCC[N+](CCC)=c1ccc2c(-c3ccccc3S(=O)(=O)[O-])c3ccc(N(CC)CC)cc3oc-2c1. The Labute approximate surface area is 213 Å². The first-order valence-corrected chi connectivity index (χ1v) is 14.1. The summed E-state index contributed by atoms with van der Waals surface area (Å²) in [5.41, 5.74) is 3.53. The highest BCUT2D eigenvalue weighted by molar-refractivity contribution is 7.85. The van der Waals surface area contributed by atoms with E-state index in [1.165, 1.54) is 6.07 Å². The second-order valence-corrected chi connectivity index (χ2v) is 10.3. The van der Waals surface area contributed by atoms with Gasteiger partial charge in [0.2, 0.25) is 5.36 Å². The molecule has 0 radical (unpaired) electrons. The lowest BCUT2D eigenvalue weighted by Crippen LogP contribution is -2.31. The predicted octanol–water partition coefficient (Wildman–Crippen LogP) is 5.55. The molecule has 36 heavy (non-hydrogen) atoms. The highest BCUT2D eigenvalue weighted by Gasteiger charge is 2.22. The van der Waals surface area contributed by atoms with Gasteiger partial charge in [-0.1, -0.05) is 32.0 Å². The van der Waals surface area contributed by atoms with Crippen molar-refractivity contribution in [2.45, 2.75) is 45.4 Å². The standard InChI is InChI=1S/C29H34N2O4S/c1-5-17-31(18-6-2)22-14-16-24-27(20-22)35-26-19-21(30(7-3)8-4)13-15-23(26)29(24)25-11-9-10-12-28(25)36(32,33)34/h9-16,19-20H,5-8,17-18H2,1-4H3. The van der Waals surface area contributed by atoms with Gasteiger partial charge in [-0.05, 0) is 38.1 Å². The van der Waals surface area contributed by atoms with Crippen LogP contribution in [0, 0.1) is 0 Å². The number of hydrogen-bond donors (Lipinski definition) is 0. The van der Waals surface area contributed by atoms with Crippen LogP contribution in [0.2, 0.25) is 0 Å². The third kappa shape index (κ3) is 5.04. The maximum Gasteiger partial charge on any atom is 0.203 e. The van der Waals surface area contributed by atoms with Gasteiger partial charge in [0.25, 0.3) is 0 Å². The van der Waals surface area contributed by atoms with Gasteiger partial charge >= 0.3 is 0 Å². The molecule has 2 aromatic rings. The number of rotatable bonds is 9. The monoisotopic (exact) mass is 506 g/mol. The molecule has 2 aromatic carbocycles. The van der Waals surface area contributed by atoms with E-state index in [-0.39, 0.29) is 4.90 Å². The molecule has 1 aliphatic heterocycles. The van der Waals surface area contributed by atoms with Gasteiger partial charge in [-0.2, -0.15) is 0 Å². The van der Waals surface area contributed by atoms with Crippen molar-refractivity contribution < 1.29 is 17.4 Å². The fourth-order valence-corrected chi connectivity index (χ4v) is 5.63. The topological polar surface area (TPSA) is 76.6 Å². The van der Waals surface area contributed by atoms with Crippen molar-refractivity contribution in [3.05, 3.63) is 66.0 Å². The van der Waals surface area contributed by atoms with Gasteiger partial charge in [-0.25, -0.2) is 13.0 Å². The predicted molar refractivity (Wildman–Crippen MR) is 145 cm³/mol. The molecule has 0 fully saturated rings. The molecule has 0 amide bonds. The first kappa shape index (κ1) is 25.9. The van der Waals surface area contributed by atoms with Crippen LogP contribution in [0.15, 0.2) is 70.0 Å². The largest absolute Gasteiger partial charge is 0.744 e. The molecular weight excluding hydrogens is 472 g/mol. The molecule has 0 aromatic heterocycles. The third-order valence-corrected chi connectivity index (χ3v) is 7.49. The van der Waals surface area contributed by atoms with E-state index >= 15 is 0 Å². The molecule has 0 spiro atoms. The molecule has 4 rings (SSSR count). The Morgan fingerprint density at radius 3 is 2.19 bits per heavy atom. The second kappa shape index (κ2) is 10.8. The lowest BCUT2D eigenvalue weighted by atomic mass is 9.93. The Hall–Kier alpha value is -3.16. The maximum absolute atomic E-state index is 12.2. The molecule has 1 heterocycles. The van der Waals surface area contributed by atoms with Crippen LogP contribution in [0.1, 0.15) is 40.5 Å². The summed E-state index contributed by atoms with van der Waals surface area (Å²) in [5, 5.41) is 1.83. The first-order chi connectivity index (χ1) is 17.3. The normalized spacial score (nSPS) is 11.8. The Morgan fingerprint density at radius 1 is 0.861 bits per heavy atom. The summed E-state index contributed by atoms with van der Waals surface area (Å²) in [4.78, 5) is 2.00. The molecule has 2 aliphatic rings. The molecule has 0 atom stereocenters. The van der Waals surface area contributed by atoms with Gasteiger partial charge in [0.15, 0.2) is 0 Å². The Kier molecular flexibility index (Phi) is 7.81. The first-order valence-electron chi connectivity index (χ1n) is 12.7. The minimum Gasteiger partial charge on any atom is -0.744 e. The lowest BCUT2D eigenvalue weighted by Gasteiger charge is -2.23. The fraction of sp³-hybridized carbons (Fsp3) is 0.345. The lowest BCUT2D eigenvalue weighted by molar-refractivity contribution is 0.463. The van der Waals surface area contributed by atoms with E-state index in [1.807, 2.05) is 30.3 Å². The molecule has 0 N–H and O–H groups in total. The summed E-state index contributed by atoms with van der Waals surface area (Å²) in [7, 11) is -4.68. The average Bonchev–Trinajstić information content (AvgIpc) is 2.87. The van der Waals surface area contributed by atoms with Crippen LogP contribution >= 0.6 is 0 Å². The average molecular weight is 507 g/mol. The van der Waals surface area contributed by atoms with Crippen molar-refractivity contribution in [2.75, 3.05) is 31.1 Å². The van der Waals surface area contributed by atoms with Crippen molar-refractivity contribution in [1.29, 1.82) is 0 Å². The van der Waals surface area contributed by atoms with Crippen molar-refractivity contribution in [2.24, 2.45) is 0 Å². The molecule has 6 nitrogen and oxygen atoms in total. The van der Waals surface area contributed by atoms with Crippen molar-refractivity contribution in [3.8, 4) is 22.5 Å². The van der Waals surface area contributed by atoms with Gasteiger partial charge in [-0.15, -0.1) is 0 Å². The minimum atomic E-state index is -4.68. The van der Waals surface area contributed by atoms with E-state index < -0.39 is 10.1 Å². The number of hydrogen-bond acceptors (Lipinski definition) is 5. The molecule has 0 saturated heterocycles. The third-order valence-electron chi connectivity index (χ3n) is 6.60. The van der Waals surface area contributed by atoms with Gasteiger partial charge in [-0.3, -0.25) is 0 Å². The Balaban J connectivity index is 2.13. The van der Waals surface area contributed by atoms with E-state index in [4.69, 9.17) is 4.42 Å². The zero-order chi connectivity index (χ0) is 25.9. The smallest absolute Gasteiger partial charge is 0.203 e. The highest BCUT2D eigenvalue weighted by Crippen LogP contribution is 2.42. The van der Waals surface area contributed by atoms with Gasteiger partial charge < -0.3 is 13.9 Å². The summed E-state index contributed by atoms with van der Waals surface area (Å²) < 4.78 is 45.5. The zero-order valence-corrected chi connectivity index (χ0v) is 22.3. The molecule has 190 valence electrons. The van der Waals surface area contributed by atoms with Gasteiger partial charge in [0.05, 0.1) is 11.0 Å². The minimum absolute atomic E-state index is 0.228. The molecule has 0 unspecified atom stereocenters. The van der Waals surface area contributed by atoms with Crippen LogP contribution in [0.4, 0.5) is 5.69 Å². The van der Waals surface area contributed by atoms with Gasteiger partial charge in [0, 0.05) is 65.8 Å². The summed E-state index contributed by atoms with van der Waals surface area (Å²) >= 11 is 0. The van der Waals surface area contributed by atoms with Crippen molar-refractivity contribution in [1.82, 2.24) is 4.58 Å². The molecule has 7 heteroatoms. The highest BCUT2D eigenvalue weighted by atomic mass is 32.2. The molecule has 0 saturated carbocycles. The van der Waals surface area contributed by atoms with Crippen LogP contribution in [0.3, 0.4) is 0 Å². The van der Waals surface area contributed by atoms with Crippen molar-refractivity contribution in [3.63, 3.8) is 0 Å². The van der Waals surface area contributed by atoms with E-state index in [0.717, 1.165) is 61.0 Å². The summed E-state index contributed by atoms with van der Waals surface area (Å²) in [6, 6.07) is 18.5. The second-order valence-electron chi connectivity index (χ2n) is 8.95. The number of nitrogens with zero attached hydrogens (tertiary/aromatic N) is 2. The summed E-state index contributed by atoms with van der Waals surface area (Å²) in [6.07, 6.45) is 2.06. The summed E-state index contributed by atoms with van der Waals surface area (Å²) in [5.74, 6) is 0.655. The molecule has 0 bridgehead atoms. The van der Waals surface area contributed by atoms with Crippen LogP contribution in [0.5, 0.6) is 0 Å². The Morgan fingerprint density at radius 2 is 1.56 bits per heavy atom. The number of anilines is 1. The van der Waals surface area contributed by atoms with Crippen LogP contribution in [-0.2, 0) is 10.1 Å². The zero-order valence-electron chi connectivity index (χ0n) is 21.5. The van der Waals surface area contributed by atoms with E-state index in [1.54, 1.807) is 18.2 Å². The summed E-state index contributed by atoms with van der Waals surface area (Å²) in [6.45, 7) is 12.1. The van der Waals surface area contributed by atoms with Crippen LogP contribution < -0.4 is 14.8 Å². The maximum atomic E-state index is 12.2. The van der Waals surface area contributed by atoms with Crippen molar-refractivity contribution >= 4 is 26.8 Å². The Bertz CT molecular complexity index is 1510. The van der Waals surface area contributed by atoms with Crippen LogP contribution in [-0.4, -0.2) is 39.1 Å². The quantitative estimate of drug-likeness (QED) is 0.169. The van der Waals surface area contributed by atoms with Crippen LogP contribution in [0.25, 0.3) is 33.4 Å². The number of benzene rings is 3. The molecular formula is C29H34N2O4S. The molecule has 1 aliphatic carbocycles. The number of fused-ring (bicyclic) bond motifs is 2. The van der Waals surface area contributed by atoms with E-state index in [2.05, 4.69) is 43.2 Å². The van der Waals surface area contributed by atoms with E-state index in [0.29, 0.717) is 22.5 Å². The van der Waals surface area contributed by atoms with Gasteiger partial charge in [0.1, 0.15) is 34.6 Å². The van der Waals surface area contributed by atoms with E-state index in [9.17, 15) is 13.0 Å².